The van der Waals surface area contributed by atoms with Crippen LogP contribution < -0.4 is 10.6 Å². The summed E-state index contributed by atoms with van der Waals surface area (Å²) in [5.74, 6) is 0.665. The smallest absolute Gasteiger partial charge is 0.228 e. The largest absolute Gasteiger partial charge is 0.355 e. The molecule has 0 spiro atoms. The molecule has 2 heterocycles. The Kier molecular flexibility index (Phi) is 7.36. The highest BCUT2D eigenvalue weighted by atomic mass is 79.9. The average molecular weight is 368 g/mol. The summed E-state index contributed by atoms with van der Waals surface area (Å²) in [6, 6.07) is 4.01. The quantitative estimate of drug-likeness (QED) is 0.858. The van der Waals surface area contributed by atoms with Gasteiger partial charge < -0.3 is 10.6 Å². The zero-order chi connectivity index (χ0) is 13.0. The maximum absolute atomic E-state index is 12.1. The Morgan fingerprint density at radius 2 is 2.42 bits per heavy atom. The number of rotatable bonds is 4. The maximum Gasteiger partial charge on any atom is 0.228 e. The second kappa shape index (κ2) is 8.25. The fourth-order valence-electron chi connectivity index (χ4n) is 2.19. The molecule has 1 amide bonds. The number of amides is 1. The first-order valence-electron chi connectivity index (χ1n) is 6.40. The molecule has 1 aromatic heterocycles. The molecule has 108 valence electrons. The number of halogens is 2. The van der Waals surface area contributed by atoms with Crippen LogP contribution in [0.1, 0.15) is 30.6 Å². The Morgan fingerprint density at radius 1 is 1.63 bits per heavy atom. The molecule has 0 radical (unpaired) electrons. The lowest BCUT2D eigenvalue weighted by Crippen LogP contribution is -2.39. The van der Waals surface area contributed by atoms with E-state index in [0.717, 1.165) is 28.3 Å². The van der Waals surface area contributed by atoms with Gasteiger partial charge in [-0.25, -0.2) is 0 Å². The molecule has 2 unspecified atom stereocenters. The summed E-state index contributed by atoms with van der Waals surface area (Å²) < 4.78 is 1.08. The van der Waals surface area contributed by atoms with Crippen molar-refractivity contribution in [2.45, 2.75) is 25.7 Å². The van der Waals surface area contributed by atoms with E-state index in [2.05, 4.69) is 26.6 Å². The van der Waals surface area contributed by atoms with Crippen molar-refractivity contribution < 1.29 is 4.79 Å². The molecular weight excluding hydrogens is 348 g/mol. The van der Waals surface area contributed by atoms with E-state index in [1.807, 2.05) is 19.1 Å². The SMILES string of the molecule is CC(C(=O)NCC1CCCNC1)c1ccc(Br)s1.Cl. The molecule has 6 heteroatoms. The molecule has 1 saturated heterocycles. The summed E-state index contributed by atoms with van der Waals surface area (Å²) in [7, 11) is 0. The van der Waals surface area contributed by atoms with E-state index in [4.69, 9.17) is 0 Å². The van der Waals surface area contributed by atoms with Crippen LogP contribution in [0.5, 0.6) is 0 Å². The van der Waals surface area contributed by atoms with E-state index in [-0.39, 0.29) is 24.2 Å². The Labute approximate surface area is 133 Å². The normalized spacial score (nSPS) is 20.4. The van der Waals surface area contributed by atoms with Crippen LogP contribution in [0.15, 0.2) is 15.9 Å². The van der Waals surface area contributed by atoms with Gasteiger partial charge in [0.05, 0.1) is 9.70 Å². The summed E-state index contributed by atoms with van der Waals surface area (Å²) >= 11 is 5.06. The molecule has 19 heavy (non-hydrogen) atoms. The number of carbonyl (C=O) groups is 1. The van der Waals surface area contributed by atoms with Crippen LogP contribution in [0.3, 0.4) is 0 Å². The fraction of sp³-hybridized carbons (Fsp3) is 0.615. The van der Waals surface area contributed by atoms with Gasteiger partial charge in [-0.15, -0.1) is 23.7 Å². The third kappa shape index (κ3) is 5.06. The van der Waals surface area contributed by atoms with E-state index in [9.17, 15) is 4.79 Å². The predicted octanol–water partition coefficient (Wildman–Crippen LogP) is 3.15. The molecule has 1 aromatic rings. The molecule has 2 N–H and O–H groups in total. The molecule has 1 fully saturated rings. The summed E-state index contributed by atoms with van der Waals surface area (Å²) in [5, 5.41) is 6.44. The maximum atomic E-state index is 12.1. The molecule has 0 aliphatic carbocycles. The van der Waals surface area contributed by atoms with E-state index in [0.29, 0.717) is 5.92 Å². The number of nitrogens with one attached hydrogen (secondary N) is 2. The van der Waals surface area contributed by atoms with Gasteiger partial charge in [-0.3, -0.25) is 4.79 Å². The van der Waals surface area contributed by atoms with Gasteiger partial charge in [0.1, 0.15) is 0 Å². The Morgan fingerprint density at radius 3 is 3.00 bits per heavy atom. The molecule has 1 aliphatic rings. The summed E-state index contributed by atoms with van der Waals surface area (Å²) in [5.41, 5.74) is 0. The van der Waals surface area contributed by atoms with Gasteiger partial charge in [-0.05, 0) is 66.8 Å². The molecule has 2 atom stereocenters. The summed E-state index contributed by atoms with van der Waals surface area (Å²) in [6.45, 7) is 4.90. The Bertz CT molecular complexity index is 407. The van der Waals surface area contributed by atoms with Crippen LogP contribution in [-0.2, 0) is 4.79 Å². The lowest BCUT2D eigenvalue weighted by Gasteiger charge is -2.23. The minimum absolute atomic E-state index is 0. The lowest BCUT2D eigenvalue weighted by atomic mass is 9.99. The van der Waals surface area contributed by atoms with E-state index in [1.165, 1.54) is 12.8 Å². The molecule has 0 aromatic carbocycles. The number of carbonyl (C=O) groups excluding carboxylic acids is 1. The molecule has 1 aliphatic heterocycles. The van der Waals surface area contributed by atoms with Crippen LogP contribution in [-0.4, -0.2) is 25.5 Å². The second-order valence-electron chi connectivity index (χ2n) is 4.82. The van der Waals surface area contributed by atoms with Crippen molar-refractivity contribution in [2.75, 3.05) is 19.6 Å². The van der Waals surface area contributed by atoms with Gasteiger partial charge in [0.15, 0.2) is 0 Å². The van der Waals surface area contributed by atoms with Crippen LogP contribution in [0, 0.1) is 5.92 Å². The van der Waals surface area contributed by atoms with E-state index in [1.54, 1.807) is 11.3 Å². The Hall–Kier alpha value is -0.100. The van der Waals surface area contributed by atoms with Crippen LogP contribution in [0.4, 0.5) is 0 Å². The van der Waals surface area contributed by atoms with Crippen molar-refractivity contribution >= 4 is 45.6 Å². The standard InChI is InChI=1S/C13H19BrN2OS.ClH/c1-9(11-4-5-12(14)18-11)13(17)16-8-10-3-2-6-15-7-10;/h4-5,9-10,15H,2-3,6-8H2,1H3,(H,16,17);1H. The third-order valence-corrected chi connectivity index (χ3v) is 5.18. The summed E-state index contributed by atoms with van der Waals surface area (Å²) in [6.07, 6.45) is 2.43. The number of thiophene rings is 1. The van der Waals surface area contributed by atoms with Gasteiger partial charge in [-0.1, -0.05) is 0 Å². The lowest BCUT2D eigenvalue weighted by molar-refractivity contribution is -0.122. The van der Waals surface area contributed by atoms with E-state index < -0.39 is 0 Å². The van der Waals surface area contributed by atoms with Gasteiger partial charge in [-0.2, -0.15) is 0 Å². The highest BCUT2D eigenvalue weighted by Crippen LogP contribution is 2.28. The average Bonchev–Trinajstić information content (AvgIpc) is 2.83. The monoisotopic (exact) mass is 366 g/mol. The van der Waals surface area contributed by atoms with Crippen LogP contribution in [0.25, 0.3) is 0 Å². The summed E-state index contributed by atoms with van der Waals surface area (Å²) in [4.78, 5) is 13.2. The highest BCUT2D eigenvalue weighted by molar-refractivity contribution is 9.11. The third-order valence-electron chi connectivity index (χ3n) is 3.38. The van der Waals surface area contributed by atoms with Gasteiger partial charge in [0.25, 0.3) is 0 Å². The van der Waals surface area contributed by atoms with Crippen molar-refractivity contribution in [3.05, 3.63) is 20.8 Å². The van der Waals surface area contributed by atoms with E-state index >= 15 is 0 Å². The zero-order valence-electron chi connectivity index (χ0n) is 10.9. The van der Waals surface area contributed by atoms with Crippen molar-refractivity contribution in [3.8, 4) is 0 Å². The second-order valence-corrected chi connectivity index (χ2v) is 7.32. The van der Waals surface area contributed by atoms with Crippen molar-refractivity contribution in [1.82, 2.24) is 10.6 Å². The first kappa shape index (κ1) is 17.0. The topological polar surface area (TPSA) is 41.1 Å². The first-order chi connectivity index (χ1) is 8.66. The van der Waals surface area contributed by atoms with Crippen molar-refractivity contribution in [1.29, 1.82) is 0 Å². The molecule has 0 bridgehead atoms. The van der Waals surface area contributed by atoms with Gasteiger partial charge >= 0.3 is 0 Å². The number of piperidine rings is 1. The van der Waals surface area contributed by atoms with Crippen LogP contribution >= 0.6 is 39.7 Å². The van der Waals surface area contributed by atoms with Crippen molar-refractivity contribution in [3.63, 3.8) is 0 Å². The minimum atomic E-state index is -0.0575. The molecule has 3 nitrogen and oxygen atoms in total. The number of hydrogen-bond donors (Lipinski definition) is 2. The number of hydrogen-bond acceptors (Lipinski definition) is 3. The van der Waals surface area contributed by atoms with Gasteiger partial charge in [0, 0.05) is 11.4 Å². The Balaban J connectivity index is 0.00000180. The first-order valence-corrected chi connectivity index (χ1v) is 8.01. The highest BCUT2D eigenvalue weighted by Gasteiger charge is 2.19. The van der Waals surface area contributed by atoms with Crippen LogP contribution in [0.2, 0.25) is 0 Å². The molecule has 0 saturated carbocycles. The molecular formula is C13H20BrClN2OS. The predicted molar refractivity (Wildman–Crippen MR) is 86.3 cm³/mol. The zero-order valence-corrected chi connectivity index (χ0v) is 14.2. The minimum Gasteiger partial charge on any atom is -0.355 e. The fourth-order valence-corrected chi connectivity index (χ4v) is 3.66. The van der Waals surface area contributed by atoms with Crippen molar-refractivity contribution in [2.24, 2.45) is 5.92 Å². The molecule has 2 rings (SSSR count). The van der Waals surface area contributed by atoms with Gasteiger partial charge in [0.2, 0.25) is 5.91 Å².